The van der Waals surface area contributed by atoms with Gasteiger partial charge in [-0.05, 0) is 49.6 Å². The zero-order valence-corrected chi connectivity index (χ0v) is 18.7. The summed E-state index contributed by atoms with van der Waals surface area (Å²) in [5.41, 5.74) is 7.22. The molecule has 30 heavy (non-hydrogen) atoms. The molecule has 0 radical (unpaired) electrons. The molecule has 0 aliphatic heterocycles. The zero-order chi connectivity index (χ0) is 22.1. The molecule has 1 amide bonds. The van der Waals surface area contributed by atoms with Gasteiger partial charge in [0.25, 0.3) is 0 Å². The van der Waals surface area contributed by atoms with Gasteiger partial charge in [-0.25, -0.2) is 4.98 Å². The number of pyridine rings is 1. The van der Waals surface area contributed by atoms with Gasteiger partial charge in [0, 0.05) is 21.9 Å². The molecule has 158 valence electrons. The molecular weight excluding hydrogens is 448 g/mol. The molecule has 1 heterocycles. The maximum Gasteiger partial charge on any atom is 0.243 e. The Morgan fingerprint density at radius 2 is 2.13 bits per heavy atom. The van der Waals surface area contributed by atoms with Gasteiger partial charge in [0.05, 0.1) is 18.3 Å². The second-order valence-electron chi connectivity index (χ2n) is 6.72. The summed E-state index contributed by atoms with van der Waals surface area (Å²) in [6.45, 7) is 5.76. The number of halogens is 1. The van der Waals surface area contributed by atoms with E-state index >= 15 is 0 Å². The van der Waals surface area contributed by atoms with Crippen molar-refractivity contribution in [3.05, 3.63) is 64.4 Å². The summed E-state index contributed by atoms with van der Waals surface area (Å²) in [6.07, 6.45) is 4.19. The van der Waals surface area contributed by atoms with Gasteiger partial charge in [0.15, 0.2) is 0 Å². The van der Waals surface area contributed by atoms with Crippen LogP contribution in [-0.4, -0.2) is 24.6 Å². The van der Waals surface area contributed by atoms with Crippen molar-refractivity contribution < 1.29 is 14.3 Å². The number of allylic oxidation sites excluding steroid dienone is 1. The highest BCUT2D eigenvalue weighted by Gasteiger charge is 2.47. The molecule has 0 atom stereocenters. The van der Waals surface area contributed by atoms with E-state index in [0.29, 0.717) is 5.56 Å². The number of hydrogen-bond donors (Lipinski definition) is 2. The fraction of sp³-hybridized carbons (Fsp3) is 0.318. The summed E-state index contributed by atoms with van der Waals surface area (Å²) < 4.78 is 11.8. The summed E-state index contributed by atoms with van der Waals surface area (Å²) in [7, 11) is 1.62. The van der Waals surface area contributed by atoms with Crippen LogP contribution in [0.25, 0.3) is 0 Å². The van der Waals surface area contributed by atoms with Crippen molar-refractivity contribution in [2.24, 2.45) is 5.73 Å². The maximum atomic E-state index is 10.8. The molecule has 0 spiro atoms. The first-order chi connectivity index (χ1) is 14.3. The van der Waals surface area contributed by atoms with Crippen molar-refractivity contribution in [1.82, 2.24) is 4.98 Å². The number of amides is 1. The first-order valence-electron chi connectivity index (χ1n) is 9.40. The molecule has 1 aliphatic carbocycles. The lowest BCUT2D eigenvalue weighted by Crippen LogP contribution is -2.23. The summed E-state index contributed by atoms with van der Waals surface area (Å²) in [6, 6.07) is 11.2. The topological polar surface area (TPSA) is 110 Å². The number of carbonyl (C=O) groups is 1. The van der Waals surface area contributed by atoms with Crippen LogP contribution in [0.2, 0.25) is 0 Å². The monoisotopic (exact) mass is 472 g/mol. The Morgan fingerprint density at radius 1 is 1.40 bits per heavy atom. The van der Waals surface area contributed by atoms with Gasteiger partial charge in [-0.3, -0.25) is 4.79 Å². The number of aromatic nitrogens is 1. The highest BCUT2D eigenvalue weighted by molar-refractivity contribution is 9.10. The number of carbonyl (C=O) groups excluding carboxylic acids is 1. The fourth-order valence-corrected chi connectivity index (χ4v) is 3.21. The van der Waals surface area contributed by atoms with Crippen LogP contribution >= 0.6 is 15.9 Å². The van der Waals surface area contributed by atoms with Crippen molar-refractivity contribution in [3.63, 3.8) is 0 Å². The van der Waals surface area contributed by atoms with Crippen molar-refractivity contribution in [3.8, 4) is 11.8 Å². The van der Waals surface area contributed by atoms with Crippen LogP contribution in [0.4, 0.5) is 5.82 Å². The molecule has 7 nitrogen and oxygen atoms in total. The van der Waals surface area contributed by atoms with Crippen molar-refractivity contribution in [2.45, 2.75) is 31.8 Å². The fourth-order valence-electron chi connectivity index (χ4n) is 2.60. The number of benzene rings is 1. The van der Waals surface area contributed by atoms with Gasteiger partial charge in [-0.15, -0.1) is 0 Å². The van der Waals surface area contributed by atoms with Gasteiger partial charge in [-0.1, -0.05) is 29.4 Å². The van der Waals surface area contributed by atoms with Gasteiger partial charge in [-0.2, -0.15) is 5.26 Å². The summed E-state index contributed by atoms with van der Waals surface area (Å²) in [4.78, 5) is 14.8. The lowest BCUT2D eigenvalue weighted by atomic mass is 10.1. The van der Waals surface area contributed by atoms with E-state index < -0.39 is 5.91 Å². The second kappa shape index (κ2) is 10.8. The first-order valence-corrected chi connectivity index (χ1v) is 10.2. The maximum absolute atomic E-state index is 10.8. The number of ether oxygens (including phenoxy) is 2. The van der Waals surface area contributed by atoms with Crippen LogP contribution in [0.3, 0.4) is 0 Å². The highest BCUT2D eigenvalue weighted by Crippen LogP contribution is 2.52. The standard InChI is InChI=1S/C12H14BrNO3.C10H11N3/c1-16-8-2-3-10(13)9(6-8)12(4-5-12)17-7-11(14)15;1-3-8(2)13-10-5-4-9(6-11)7-12-10/h2-3,6H,4-5,7H2,1H3,(H2,14,15);4-5,7H,2-3H2,1H3,(H,12,13). The van der Waals surface area contributed by atoms with Crippen LogP contribution < -0.4 is 15.8 Å². The number of nitrogens with zero attached hydrogens (tertiary/aromatic N) is 2. The molecule has 1 aromatic carbocycles. The molecule has 3 N–H and O–H groups in total. The molecule has 1 aliphatic rings. The molecule has 0 saturated heterocycles. The zero-order valence-electron chi connectivity index (χ0n) is 17.1. The number of methoxy groups -OCH3 is 1. The molecule has 1 fully saturated rings. The number of hydrogen-bond acceptors (Lipinski definition) is 6. The van der Waals surface area contributed by atoms with Gasteiger partial charge in [0.1, 0.15) is 24.2 Å². The average molecular weight is 473 g/mol. The van der Waals surface area contributed by atoms with E-state index in [-0.39, 0.29) is 12.2 Å². The molecule has 0 unspecified atom stereocenters. The first kappa shape index (κ1) is 23.4. The summed E-state index contributed by atoms with van der Waals surface area (Å²) >= 11 is 3.49. The number of nitriles is 1. The Balaban J connectivity index is 0.000000222. The molecule has 2 aromatic rings. The van der Waals surface area contributed by atoms with Gasteiger partial charge in [0.2, 0.25) is 5.91 Å². The van der Waals surface area contributed by atoms with Crippen LogP contribution in [0.15, 0.2) is 53.3 Å². The minimum Gasteiger partial charge on any atom is -0.497 e. The Bertz CT molecular complexity index is 934. The number of anilines is 1. The van der Waals surface area contributed by atoms with Gasteiger partial charge < -0.3 is 20.5 Å². The van der Waals surface area contributed by atoms with E-state index in [0.717, 1.165) is 46.6 Å². The van der Waals surface area contributed by atoms with Crippen molar-refractivity contribution in [2.75, 3.05) is 19.0 Å². The smallest absolute Gasteiger partial charge is 0.243 e. The summed E-state index contributed by atoms with van der Waals surface area (Å²) in [5.74, 6) is 1.05. The van der Waals surface area contributed by atoms with Crippen LogP contribution in [-0.2, 0) is 15.1 Å². The third kappa shape index (κ3) is 6.58. The highest BCUT2D eigenvalue weighted by atomic mass is 79.9. The number of rotatable bonds is 8. The number of nitrogens with two attached hydrogens (primary N) is 1. The normalized spacial score (nSPS) is 13.3. The van der Waals surface area contributed by atoms with Crippen LogP contribution in [0.1, 0.15) is 37.3 Å². The third-order valence-electron chi connectivity index (χ3n) is 4.48. The Kier molecular flexibility index (Phi) is 8.39. The Hall–Kier alpha value is -2.89. The van der Waals surface area contributed by atoms with E-state index in [1.54, 1.807) is 19.2 Å². The molecular formula is C22H25BrN4O3. The molecule has 0 bridgehead atoms. The predicted molar refractivity (Wildman–Crippen MR) is 119 cm³/mol. The largest absolute Gasteiger partial charge is 0.497 e. The molecule has 8 heteroatoms. The van der Waals surface area contributed by atoms with E-state index in [2.05, 4.69) is 32.8 Å². The lowest BCUT2D eigenvalue weighted by Gasteiger charge is -2.18. The molecule has 3 rings (SSSR count). The SMILES string of the molecule is C=C(CC)Nc1ccc(C#N)cn1.COc1ccc(Br)c(C2(OCC(N)=O)CC2)c1. The van der Waals surface area contributed by atoms with Crippen molar-refractivity contribution in [1.29, 1.82) is 5.26 Å². The summed E-state index contributed by atoms with van der Waals surface area (Å²) in [5, 5.41) is 11.6. The average Bonchev–Trinajstić information content (AvgIpc) is 3.54. The number of nitrogens with one attached hydrogen (secondary N) is 1. The van der Waals surface area contributed by atoms with E-state index in [1.165, 1.54) is 6.20 Å². The van der Waals surface area contributed by atoms with E-state index in [4.69, 9.17) is 20.5 Å². The van der Waals surface area contributed by atoms with Crippen LogP contribution in [0.5, 0.6) is 5.75 Å². The minimum atomic E-state index is -0.449. The Labute approximate surface area is 185 Å². The Morgan fingerprint density at radius 3 is 2.63 bits per heavy atom. The molecule has 1 saturated carbocycles. The van der Waals surface area contributed by atoms with E-state index in [9.17, 15) is 4.79 Å². The van der Waals surface area contributed by atoms with Crippen molar-refractivity contribution >= 4 is 27.7 Å². The minimum absolute atomic E-state index is 0.0519. The second-order valence-corrected chi connectivity index (χ2v) is 7.58. The van der Waals surface area contributed by atoms with Gasteiger partial charge >= 0.3 is 0 Å². The van der Waals surface area contributed by atoms with E-state index in [1.807, 2.05) is 31.2 Å². The molecule has 1 aromatic heterocycles. The third-order valence-corrected chi connectivity index (χ3v) is 5.17. The lowest BCUT2D eigenvalue weighted by molar-refractivity contribution is -0.125. The van der Waals surface area contributed by atoms with Crippen LogP contribution in [0, 0.1) is 11.3 Å². The quantitative estimate of drug-likeness (QED) is 0.594. The predicted octanol–water partition coefficient (Wildman–Crippen LogP) is 4.24. The number of primary amides is 1.